The lowest BCUT2D eigenvalue weighted by Gasteiger charge is -2.15. The molecule has 0 amide bonds. The smallest absolute Gasteiger partial charge is 0.139 e. The number of hydrogen-bond donors (Lipinski definition) is 2. The molecule has 0 fully saturated rings. The predicted molar refractivity (Wildman–Crippen MR) is 107 cm³/mol. The molecule has 0 saturated heterocycles. The molecular formula is C19H19N3O2S2. The molecule has 0 unspecified atom stereocenters. The molecule has 134 valence electrons. The first-order valence-corrected chi connectivity index (χ1v) is 10.2. The van der Waals surface area contributed by atoms with Crippen molar-refractivity contribution in [3.8, 4) is 10.4 Å². The number of aryl methyl sites for hydroxylation is 1. The van der Waals surface area contributed by atoms with Crippen LogP contribution in [0.4, 0.5) is 5.82 Å². The minimum absolute atomic E-state index is 0.0512. The number of aromatic nitrogens is 2. The van der Waals surface area contributed by atoms with Gasteiger partial charge < -0.3 is 14.8 Å². The number of nitrogens with zero attached hydrogens (tertiary/aromatic N) is 2. The van der Waals surface area contributed by atoms with Crippen LogP contribution in [0.5, 0.6) is 0 Å². The Kier molecular flexibility index (Phi) is 5.01. The summed E-state index contributed by atoms with van der Waals surface area (Å²) in [4.78, 5) is 11.4. The van der Waals surface area contributed by atoms with Crippen molar-refractivity contribution in [1.82, 2.24) is 9.97 Å². The second-order valence-electron chi connectivity index (χ2n) is 6.14. The van der Waals surface area contributed by atoms with Gasteiger partial charge in [-0.15, -0.1) is 22.7 Å². The fourth-order valence-corrected chi connectivity index (χ4v) is 4.75. The second kappa shape index (κ2) is 7.57. The van der Waals surface area contributed by atoms with E-state index in [2.05, 4.69) is 38.2 Å². The summed E-state index contributed by atoms with van der Waals surface area (Å²) >= 11 is 3.35. The van der Waals surface area contributed by atoms with E-state index in [0.29, 0.717) is 13.0 Å². The molecule has 4 heterocycles. The Bertz CT molecular complexity index is 978. The second-order valence-corrected chi connectivity index (χ2v) is 7.95. The van der Waals surface area contributed by atoms with Crippen LogP contribution in [0.25, 0.3) is 20.7 Å². The van der Waals surface area contributed by atoms with Gasteiger partial charge in [0.2, 0.25) is 0 Å². The van der Waals surface area contributed by atoms with Crippen LogP contribution in [-0.4, -0.2) is 28.2 Å². The van der Waals surface area contributed by atoms with Gasteiger partial charge in [0.25, 0.3) is 0 Å². The lowest BCUT2D eigenvalue weighted by atomic mass is 10.0. The molecule has 4 aromatic heterocycles. The summed E-state index contributed by atoms with van der Waals surface area (Å²) in [6, 6.07) is 7.97. The summed E-state index contributed by atoms with van der Waals surface area (Å²) in [6.07, 6.45) is 2.35. The van der Waals surface area contributed by atoms with E-state index in [1.54, 1.807) is 28.9 Å². The van der Waals surface area contributed by atoms with E-state index in [4.69, 9.17) is 4.42 Å². The number of furan rings is 1. The van der Waals surface area contributed by atoms with Crippen LogP contribution >= 0.6 is 22.7 Å². The molecule has 0 aromatic carbocycles. The average molecular weight is 386 g/mol. The van der Waals surface area contributed by atoms with E-state index < -0.39 is 0 Å². The number of thiophene rings is 2. The van der Waals surface area contributed by atoms with Crippen LogP contribution in [0, 0.1) is 12.8 Å². The fraction of sp³-hybridized carbons (Fsp3) is 0.263. The largest absolute Gasteiger partial charge is 0.469 e. The third kappa shape index (κ3) is 3.51. The molecule has 0 spiro atoms. The minimum Gasteiger partial charge on any atom is -0.469 e. The third-order valence-electron chi connectivity index (χ3n) is 4.22. The first-order valence-electron chi connectivity index (χ1n) is 8.41. The van der Waals surface area contributed by atoms with E-state index in [-0.39, 0.29) is 12.5 Å². The number of anilines is 1. The number of nitrogens with one attached hydrogen (secondary N) is 1. The molecule has 0 saturated carbocycles. The quantitative estimate of drug-likeness (QED) is 0.487. The van der Waals surface area contributed by atoms with Crippen LogP contribution in [0.2, 0.25) is 0 Å². The van der Waals surface area contributed by atoms with E-state index in [1.807, 2.05) is 19.1 Å². The molecule has 2 N–H and O–H groups in total. The number of fused-ring (bicyclic) bond motifs is 1. The van der Waals surface area contributed by atoms with Gasteiger partial charge in [0.15, 0.2) is 0 Å². The highest BCUT2D eigenvalue weighted by atomic mass is 32.1. The van der Waals surface area contributed by atoms with Crippen molar-refractivity contribution in [2.75, 3.05) is 18.5 Å². The molecular weight excluding hydrogens is 366 g/mol. The third-order valence-corrected chi connectivity index (χ3v) is 5.99. The molecule has 26 heavy (non-hydrogen) atoms. The van der Waals surface area contributed by atoms with Crippen molar-refractivity contribution in [2.24, 2.45) is 5.92 Å². The van der Waals surface area contributed by atoms with Crippen molar-refractivity contribution in [1.29, 1.82) is 0 Å². The summed E-state index contributed by atoms with van der Waals surface area (Å²) in [5, 5.41) is 18.4. The molecule has 5 nitrogen and oxygen atoms in total. The van der Waals surface area contributed by atoms with Gasteiger partial charge in [-0.3, -0.25) is 0 Å². The maximum Gasteiger partial charge on any atom is 0.139 e. The lowest BCUT2D eigenvalue weighted by Crippen LogP contribution is -2.21. The Hall–Kier alpha value is -2.22. The van der Waals surface area contributed by atoms with Crippen LogP contribution in [0.1, 0.15) is 11.6 Å². The molecule has 0 aliphatic carbocycles. The number of rotatable bonds is 7. The van der Waals surface area contributed by atoms with Gasteiger partial charge in [-0.25, -0.2) is 9.97 Å². The zero-order valence-electron chi connectivity index (χ0n) is 14.3. The maximum atomic E-state index is 9.72. The highest BCUT2D eigenvalue weighted by Crippen LogP contribution is 2.38. The molecule has 7 heteroatoms. The summed E-state index contributed by atoms with van der Waals surface area (Å²) in [7, 11) is 0. The van der Waals surface area contributed by atoms with Crippen LogP contribution in [-0.2, 0) is 6.42 Å². The van der Waals surface area contributed by atoms with Gasteiger partial charge in [0, 0.05) is 41.3 Å². The van der Waals surface area contributed by atoms with Gasteiger partial charge in [-0.05, 0) is 30.5 Å². The van der Waals surface area contributed by atoms with Crippen molar-refractivity contribution >= 4 is 38.7 Å². The molecule has 4 aromatic rings. The summed E-state index contributed by atoms with van der Waals surface area (Å²) in [6.45, 7) is 2.60. The first kappa shape index (κ1) is 17.2. The Morgan fingerprint density at radius 1 is 1.23 bits per heavy atom. The number of hydrogen-bond acceptors (Lipinski definition) is 7. The standard InChI is InChI=1S/C19H19N3O2S2/c1-12-21-18(20-9-13(10-23)8-14-4-2-6-24-14)17-15(11-26-19(17)22-12)16-5-3-7-25-16/h2-7,11,13,23H,8-10H2,1H3,(H,20,21,22)/t13-/m1/s1. The average Bonchev–Trinajstić information content (AvgIpc) is 3.38. The predicted octanol–water partition coefficient (Wildman–Crippen LogP) is 4.58. The summed E-state index contributed by atoms with van der Waals surface area (Å²) in [5.74, 6) is 2.50. The van der Waals surface area contributed by atoms with Crippen molar-refractivity contribution < 1.29 is 9.52 Å². The van der Waals surface area contributed by atoms with Gasteiger partial charge in [0.1, 0.15) is 22.2 Å². The van der Waals surface area contributed by atoms with Crippen LogP contribution in [0.15, 0.2) is 45.7 Å². The zero-order chi connectivity index (χ0) is 17.9. The maximum absolute atomic E-state index is 9.72. The highest BCUT2D eigenvalue weighted by molar-refractivity contribution is 7.18. The molecule has 0 bridgehead atoms. The molecule has 0 aliphatic heterocycles. The number of aliphatic hydroxyl groups is 1. The van der Waals surface area contributed by atoms with Crippen LogP contribution in [0.3, 0.4) is 0 Å². The Morgan fingerprint density at radius 3 is 2.88 bits per heavy atom. The monoisotopic (exact) mass is 385 g/mol. The topological polar surface area (TPSA) is 71.2 Å². The van der Waals surface area contributed by atoms with Gasteiger partial charge in [0.05, 0.1) is 11.6 Å². The molecule has 1 atom stereocenters. The summed E-state index contributed by atoms with van der Waals surface area (Å²) < 4.78 is 5.40. The Morgan fingerprint density at radius 2 is 2.15 bits per heavy atom. The fourth-order valence-electron chi connectivity index (χ4n) is 2.95. The Balaban J connectivity index is 1.62. The number of aliphatic hydroxyl groups excluding tert-OH is 1. The van der Waals surface area contributed by atoms with Crippen molar-refractivity contribution in [2.45, 2.75) is 13.3 Å². The Labute approximate surface area is 159 Å². The van der Waals surface area contributed by atoms with Gasteiger partial charge >= 0.3 is 0 Å². The normalized spacial score (nSPS) is 12.5. The molecule has 4 rings (SSSR count). The minimum atomic E-state index is 0.0512. The lowest BCUT2D eigenvalue weighted by molar-refractivity contribution is 0.226. The highest BCUT2D eigenvalue weighted by Gasteiger charge is 2.17. The first-order chi connectivity index (χ1) is 12.7. The molecule has 0 radical (unpaired) electrons. The van der Waals surface area contributed by atoms with E-state index in [0.717, 1.165) is 33.2 Å². The van der Waals surface area contributed by atoms with Gasteiger partial charge in [-0.2, -0.15) is 0 Å². The van der Waals surface area contributed by atoms with E-state index in [9.17, 15) is 5.11 Å². The van der Waals surface area contributed by atoms with E-state index in [1.165, 1.54) is 4.88 Å². The summed E-state index contributed by atoms with van der Waals surface area (Å²) in [5.41, 5.74) is 1.16. The zero-order valence-corrected chi connectivity index (χ0v) is 15.9. The van der Waals surface area contributed by atoms with Crippen molar-refractivity contribution in [3.63, 3.8) is 0 Å². The molecule has 0 aliphatic rings. The van der Waals surface area contributed by atoms with E-state index >= 15 is 0 Å². The van der Waals surface area contributed by atoms with Crippen LogP contribution < -0.4 is 5.32 Å². The SMILES string of the molecule is Cc1nc(NC[C@H](CO)Cc2ccco2)c2c(-c3cccs3)csc2n1. The van der Waals surface area contributed by atoms with Gasteiger partial charge in [-0.1, -0.05) is 6.07 Å². The van der Waals surface area contributed by atoms with Crippen molar-refractivity contribution in [3.05, 3.63) is 52.9 Å².